The van der Waals surface area contributed by atoms with Crippen LogP contribution in [0.4, 0.5) is 0 Å². The van der Waals surface area contributed by atoms with E-state index in [9.17, 15) is 9.90 Å². The van der Waals surface area contributed by atoms with Crippen molar-refractivity contribution >= 4 is 5.97 Å². The van der Waals surface area contributed by atoms with E-state index in [-0.39, 0.29) is 5.92 Å². The van der Waals surface area contributed by atoms with Crippen molar-refractivity contribution in [3.05, 3.63) is 64.7 Å². The average Bonchev–Trinajstić information content (AvgIpc) is 2.65. The van der Waals surface area contributed by atoms with Crippen LogP contribution in [-0.2, 0) is 10.3 Å². The van der Waals surface area contributed by atoms with Crippen molar-refractivity contribution in [1.82, 2.24) is 0 Å². The minimum atomic E-state index is -1.19. The maximum atomic E-state index is 11.6. The summed E-state index contributed by atoms with van der Waals surface area (Å²) in [5.74, 6) is 1.18. The molecule has 0 aliphatic heterocycles. The van der Waals surface area contributed by atoms with Gasteiger partial charge in [-0.3, -0.25) is 0 Å². The molecule has 1 N–H and O–H groups in total. The second-order valence-electron chi connectivity index (χ2n) is 7.75. The summed E-state index contributed by atoms with van der Waals surface area (Å²) >= 11 is 0. The third-order valence-corrected chi connectivity index (χ3v) is 4.63. The predicted octanol–water partition coefficient (Wildman–Crippen LogP) is 4.89. The van der Waals surface area contributed by atoms with Crippen molar-refractivity contribution in [2.45, 2.75) is 46.1 Å². The Bertz CT molecular complexity index is 773. The maximum absolute atomic E-state index is 11.6. The Balaban J connectivity index is 2.37. The molecule has 0 saturated carbocycles. The average molecular weight is 370 g/mol. The largest absolute Gasteiger partial charge is 0.493 e. The maximum Gasteiger partial charge on any atom is 0.337 e. The molecule has 0 aliphatic carbocycles. The van der Waals surface area contributed by atoms with Gasteiger partial charge < -0.3 is 14.6 Å². The van der Waals surface area contributed by atoms with E-state index in [4.69, 9.17) is 9.47 Å². The first-order valence-electron chi connectivity index (χ1n) is 9.35. The van der Waals surface area contributed by atoms with E-state index in [1.54, 1.807) is 31.2 Å². The van der Waals surface area contributed by atoms with Crippen LogP contribution in [-0.4, -0.2) is 24.8 Å². The molecule has 0 aliphatic rings. The van der Waals surface area contributed by atoms with Gasteiger partial charge >= 0.3 is 5.97 Å². The molecule has 0 aromatic heterocycles. The molecule has 27 heavy (non-hydrogen) atoms. The van der Waals surface area contributed by atoms with E-state index < -0.39 is 11.6 Å². The van der Waals surface area contributed by atoms with Gasteiger partial charge in [-0.15, -0.1) is 0 Å². The summed E-state index contributed by atoms with van der Waals surface area (Å²) in [5, 5.41) is 11.2. The van der Waals surface area contributed by atoms with Crippen molar-refractivity contribution < 1.29 is 19.4 Å². The third kappa shape index (κ3) is 4.89. The summed E-state index contributed by atoms with van der Waals surface area (Å²) in [6.45, 7) is 10.9. The van der Waals surface area contributed by atoms with Gasteiger partial charge in [0.1, 0.15) is 11.4 Å². The number of rotatable bonds is 7. The van der Waals surface area contributed by atoms with Crippen LogP contribution in [0.2, 0.25) is 0 Å². The summed E-state index contributed by atoms with van der Waals surface area (Å²) in [7, 11) is 1.35. The van der Waals surface area contributed by atoms with Gasteiger partial charge in [0.05, 0.1) is 19.3 Å². The van der Waals surface area contributed by atoms with Gasteiger partial charge in [0.15, 0.2) is 0 Å². The van der Waals surface area contributed by atoms with Gasteiger partial charge in [-0.2, -0.15) is 0 Å². The fourth-order valence-corrected chi connectivity index (χ4v) is 2.91. The normalized spacial score (nSPS) is 13.5. The van der Waals surface area contributed by atoms with Gasteiger partial charge in [0.2, 0.25) is 0 Å². The van der Waals surface area contributed by atoms with Gasteiger partial charge in [-0.05, 0) is 59.7 Å². The molecule has 0 heterocycles. The fraction of sp³-hybridized carbons (Fsp3) is 0.435. The van der Waals surface area contributed by atoms with Gasteiger partial charge in [0, 0.05) is 0 Å². The van der Waals surface area contributed by atoms with Crippen LogP contribution < -0.4 is 4.74 Å². The van der Waals surface area contributed by atoms with E-state index in [1.165, 1.54) is 7.11 Å². The monoisotopic (exact) mass is 370 g/mol. The number of benzene rings is 2. The van der Waals surface area contributed by atoms with Crippen LogP contribution in [0.5, 0.6) is 5.75 Å². The molecular weight excluding hydrogens is 340 g/mol. The highest BCUT2D eigenvalue weighted by Gasteiger charge is 2.27. The summed E-state index contributed by atoms with van der Waals surface area (Å²) < 4.78 is 10.7. The Morgan fingerprint density at radius 3 is 2.15 bits per heavy atom. The quantitative estimate of drug-likeness (QED) is 0.705. The molecule has 0 fully saturated rings. The Labute approximate surface area is 162 Å². The lowest BCUT2D eigenvalue weighted by atomic mass is 9.85. The molecule has 2 rings (SSSR count). The molecular formula is C23H30O4. The summed E-state index contributed by atoms with van der Waals surface area (Å²) in [4.78, 5) is 11.6. The van der Waals surface area contributed by atoms with Crippen LogP contribution in [0.15, 0.2) is 42.5 Å². The van der Waals surface area contributed by atoms with E-state index in [2.05, 4.69) is 27.7 Å². The summed E-state index contributed by atoms with van der Waals surface area (Å²) in [6, 6.07) is 12.7. The Morgan fingerprint density at radius 1 is 1.04 bits per heavy atom. The minimum absolute atomic E-state index is 0.268. The molecule has 0 amide bonds. The molecule has 0 spiro atoms. The molecule has 4 nitrogen and oxygen atoms in total. The van der Waals surface area contributed by atoms with E-state index in [1.807, 2.05) is 18.2 Å². The second kappa shape index (κ2) is 8.57. The molecule has 1 unspecified atom stereocenters. The lowest BCUT2D eigenvalue weighted by Crippen LogP contribution is -2.23. The fourth-order valence-electron chi connectivity index (χ4n) is 2.91. The number of hydrogen-bond acceptors (Lipinski definition) is 4. The zero-order chi connectivity index (χ0) is 20.2. The van der Waals surface area contributed by atoms with E-state index >= 15 is 0 Å². The Hall–Kier alpha value is -2.33. The standard InChI is InChI=1S/C23H30O4/c1-15(2)14-27-21-12-11-19(13-20(21)16(3)4)23(5,25)18-9-7-17(8-10-18)22(24)26-6/h7-13,15-16,25H,14H2,1-6H3. The van der Waals surface area contributed by atoms with Crippen LogP contribution in [0.1, 0.15) is 67.6 Å². The lowest BCUT2D eigenvalue weighted by molar-refractivity contribution is 0.0600. The molecule has 2 aromatic rings. The van der Waals surface area contributed by atoms with Crippen LogP contribution >= 0.6 is 0 Å². The summed E-state index contributed by atoms with van der Waals surface area (Å²) in [5.41, 5.74) is 1.83. The van der Waals surface area contributed by atoms with Crippen molar-refractivity contribution in [1.29, 1.82) is 0 Å². The van der Waals surface area contributed by atoms with Crippen LogP contribution in [0, 0.1) is 5.92 Å². The van der Waals surface area contributed by atoms with Crippen molar-refractivity contribution in [3.63, 3.8) is 0 Å². The molecule has 0 saturated heterocycles. The van der Waals surface area contributed by atoms with E-state index in [0.29, 0.717) is 23.7 Å². The first-order valence-corrected chi connectivity index (χ1v) is 9.35. The highest BCUT2D eigenvalue weighted by molar-refractivity contribution is 5.89. The number of methoxy groups -OCH3 is 1. The first kappa shape index (κ1) is 21.0. The number of ether oxygens (including phenoxy) is 2. The van der Waals surface area contributed by atoms with Crippen LogP contribution in [0.25, 0.3) is 0 Å². The zero-order valence-electron chi connectivity index (χ0n) is 17.1. The second-order valence-corrected chi connectivity index (χ2v) is 7.75. The van der Waals surface area contributed by atoms with Crippen molar-refractivity contribution in [2.24, 2.45) is 5.92 Å². The topological polar surface area (TPSA) is 55.8 Å². The number of esters is 1. The van der Waals surface area contributed by atoms with Gasteiger partial charge in [0.25, 0.3) is 0 Å². The highest BCUT2D eigenvalue weighted by Crippen LogP contribution is 2.35. The van der Waals surface area contributed by atoms with Gasteiger partial charge in [-0.1, -0.05) is 45.9 Å². The minimum Gasteiger partial charge on any atom is -0.493 e. The van der Waals surface area contributed by atoms with E-state index in [0.717, 1.165) is 16.9 Å². The zero-order valence-corrected chi connectivity index (χ0v) is 17.1. The molecule has 2 aromatic carbocycles. The SMILES string of the molecule is COC(=O)c1ccc(C(C)(O)c2ccc(OCC(C)C)c(C(C)C)c2)cc1. The lowest BCUT2D eigenvalue weighted by Gasteiger charge is -2.27. The first-order chi connectivity index (χ1) is 12.7. The summed E-state index contributed by atoms with van der Waals surface area (Å²) in [6.07, 6.45) is 0. The number of aliphatic hydroxyl groups is 1. The number of carbonyl (C=O) groups is 1. The molecule has 146 valence electrons. The van der Waals surface area contributed by atoms with Crippen LogP contribution in [0.3, 0.4) is 0 Å². The molecule has 0 bridgehead atoms. The van der Waals surface area contributed by atoms with Gasteiger partial charge in [-0.25, -0.2) is 4.79 Å². The van der Waals surface area contributed by atoms with Crippen molar-refractivity contribution in [3.8, 4) is 5.75 Å². The number of carbonyl (C=O) groups excluding carboxylic acids is 1. The molecule has 0 radical (unpaired) electrons. The smallest absolute Gasteiger partial charge is 0.337 e. The number of hydrogen-bond donors (Lipinski definition) is 1. The van der Waals surface area contributed by atoms with Crippen molar-refractivity contribution in [2.75, 3.05) is 13.7 Å². The molecule has 4 heteroatoms. The predicted molar refractivity (Wildman–Crippen MR) is 107 cm³/mol. The Kier molecular flexibility index (Phi) is 6.66. The molecule has 1 atom stereocenters. The highest BCUT2D eigenvalue weighted by atomic mass is 16.5. The third-order valence-electron chi connectivity index (χ3n) is 4.63. The Morgan fingerprint density at radius 2 is 1.63 bits per heavy atom.